The molecule has 1 amide bonds. The number of thiazole rings is 1. The Bertz CT molecular complexity index is 1150. The smallest absolute Gasteiger partial charge is 0.230 e. The fourth-order valence-corrected chi connectivity index (χ4v) is 5.22. The van der Waals surface area contributed by atoms with Gasteiger partial charge in [-0.3, -0.25) is 4.79 Å². The molecular weight excluding hydrogens is 426 g/mol. The van der Waals surface area contributed by atoms with E-state index in [0.717, 1.165) is 52.0 Å². The van der Waals surface area contributed by atoms with Crippen LogP contribution in [0.25, 0.3) is 21.6 Å². The first-order chi connectivity index (χ1) is 15.2. The van der Waals surface area contributed by atoms with Crippen LogP contribution in [0.3, 0.4) is 0 Å². The number of hydrogen-bond donors (Lipinski definition) is 1. The van der Waals surface area contributed by atoms with Gasteiger partial charge in [-0.2, -0.15) is 0 Å². The summed E-state index contributed by atoms with van der Waals surface area (Å²) in [4.78, 5) is 16.9. The molecule has 0 spiro atoms. The van der Waals surface area contributed by atoms with Gasteiger partial charge in [-0.1, -0.05) is 48.2 Å². The van der Waals surface area contributed by atoms with E-state index >= 15 is 0 Å². The summed E-state index contributed by atoms with van der Waals surface area (Å²) in [6, 6.07) is 16.3. The van der Waals surface area contributed by atoms with Crippen LogP contribution in [0, 0.1) is 6.92 Å². The van der Waals surface area contributed by atoms with E-state index in [1.807, 2.05) is 30.3 Å². The monoisotopic (exact) mass is 451 g/mol. The summed E-state index contributed by atoms with van der Waals surface area (Å²) in [7, 11) is 0. The average molecular weight is 452 g/mol. The minimum absolute atomic E-state index is 0.0115. The molecule has 1 N–H and O–H groups in total. The quantitative estimate of drug-likeness (QED) is 0.294. The summed E-state index contributed by atoms with van der Waals surface area (Å²) in [5, 5.41) is 13.6. The molecule has 0 saturated carbocycles. The van der Waals surface area contributed by atoms with Crippen molar-refractivity contribution in [2.24, 2.45) is 0 Å². The third-order valence-electron chi connectivity index (χ3n) is 4.98. The molecule has 6 nitrogen and oxygen atoms in total. The molecule has 0 bridgehead atoms. The zero-order valence-electron chi connectivity index (χ0n) is 17.7. The Hall–Kier alpha value is -2.71. The van der Waals surface area contributed by atoms with Crippen LogP contribution in [-0.2, 0) is 17.8 Å². The third-order valence-corrected chi connectivity index (χ3v) is 7.04. The highest BCUT2D eigenvalue weighted by Gasteiger charge is 2.15. The molecule has 31 heavy (non-hydrogen) atoms. The van der Waals surface area contributed by atoms with Gasteiger partial charge >= 0.3 is 0 Å². The molecule has 0 aliphatic carbocycles. The van der Waals surface area contributed by atoms with Crippen molar-refractivity contribution in [3.8, 4) is 11.4 Å². The van der Waals surface area contributed by atoms with Crippen LogP contribution in [-0.4, -0.2) is 38.0 Å². The first kappa shape index (κ1) is 21.5. The van der Waals surface area contributed by atoms with Gasteiger partial charge in [0, 0.05) is 25.1 Å². The lowest BCUT2D eigenvalue weighted by molar-refractivity contribution is -0.118. The van der Waals surface area contributed by atoms with Gasteiger partial charge in [0.05, 0.1) is 21.0 Å². The van der Waals surface area contributed by atoms with Gasteiger partial charge in [0.1, 0.15) is 0 Å². The Labute approximate surface area is 190 Å². The number of carbonyl (C=O) groups is 1. The molecule has 0 saturated heterocycles. The molecule has 8 heteroatoms. The van der Waals surface area contributed by atoms with Gasteiger partial charge in [0.2, 0.25) is 5.91 Å². The SMILES string of the molecule is CCn1c(SCC(=O)NCCCc2nc3ccccc3s2)nnc1-c1ccccc1C. The Kier molecular flexibility index (Phi) is 6.99. The van der Waals surface area contributed by atoms with Gasteiger partial charge < -0.3 is 9.88 Å². The van der Waals surface area contributed by atoms with Crippen LogP contribution in [0.1, 0.15) is 23.9 Å². The summed E-state index contributed by atoms with van der Waals surface area (Å²) < 4.78 is 3.27. The van der Waals surface area contributed by atoms with Crippen molar-refractivity contribution in [1.29, 1.82) is 0 Å². The topological polar surface area (TPSA) is 72.7 Å². The van der Waals surface area contributed by atoms with Crippen molar-refractivity contribution < 1.29 is 4.79 Å². The van der Waals surface area contributed by atoms with Crippen LogP contribution >= 0.6 is 23.1 Å². The van der Waals surface area contributed by atoms with E-state index in [0.29, 0.717) is 12.3 Å². The van der Waals surface area contributed by atoms with Crippen molar-refractivity contribution in [1.82, 2.24) is 25.1 Å². The zero-order valence-corrected chi connectivity index (χ0v) is 19.3. The molecule has 2 aromatic carbocycles. The van der Waals surface area contributed by atoms with Gasteiger partial charge in [0.15, 0.2) is 11.0 Å². The highest BCUT2D eigenvalue weighted by molar-refractivity contribution is 7.99. The Balaban J connectivity index is 1.26. The molecule has 0 atom stereocenters. The molecule has 0 fully saturated rings. The molecule has 160 valence electrons. The van der Waals surface area contributed by atoms with Crippen molar-refractivity contribution in [3.63, 3.8) is 0 Å². The van der Waals surface area contributed by atoms with Gasteiger partial charge in [0.25, 0.3) is 0 Å². The second-order valence-electron chi connectivity index (χ2n) is 7.18. The number of nitrogens with zero attached hydrogens (tertiary/aromatic N) is 4. The number of para-hydroxylation sites is 1. The fraction of sp³-hybridized carbons (Fsp3) is 0.304. The Morgan fingerprint density at radius 3 is 2.74 bits per heavy atom. The normalized spacial score (nSPS) is 11.2. The number of hydrogen-bond acceptors (Lipinski definition) is 6. The molecule has 0 radical (unpaired) electrons. The van der Waals surface area contributed by atoms with Crippen molar-refractivity contribution in [2.45, 2.75) is 38.4 Å². The van der Waals surface area contributed by atoms with Gasteiger partial charge in [-0.15, -0.1) is 21.5 Å². The average Bonchev–Trinajstić information content (AvgIpc) is 3.38. The van der Waals surface area contributed by atoms with E-state index in [2.05, 4.69) is 57.1 Å². The zero-order chi connectivity index (χ0) is 21.6. The fourth-order valence-electron chi connectivity index (χ4n) is 3.38. The number of benzene rings is 2. The molecule has 2 heterocycles. The molecule has 4 aromatic rings. The summed E-state index contributed by atoms with van der Waals surface area (Å²) in [5.41, 5.74) is 3.28. The van der Waals surface area contributed by atoms with E-state index in [1.165, 1.54) is 16.5 Å². The van der Waals surface area contributed by atoms with E-state index in [9.17, 15) is 4.79 Å². The lowest BCUT2D eigenvalue weighted by Gasteiger charge is -2.09. The first-order valence-corrected chi connectivity index (χ1v) is 12.2. The molecule has 0 aliphatic heterocycles. The predicted octanol–water partition coefficient (Wildman–Crippen LogP) is 4.72. The maximum absolute atomic E-state index is 12.3. The van der Waals surface area contributed by atoms with Gasteiger partial charge in [-0.25, -0.2) is 4.98 Å². The standard InChI is InChI=1S/C23H25N5OS2/c1-3-28-22(17-10-5-4-9-16(17)2)26-27-23(28)30-15-20(29)24-14-8-13-21-25-18-11-6-7-12-19(18)31-21/h4-7,9-12H,3,8,13-15H2,1-2H3,(H,24,29). The number of rotatable bonds is 9. The summed E-state index contributed by atoms with van der Waals surface area (Å²) >= 11 is 3.15. The van der Waals surface area contributed by atoms with Crippen LogP contribution < -0.4 is 5.32 Å². The van der Waals surface area contributed by atoms with E-state index in [4.69, 9.17) is 0 Å². The number of aromatic nitrogens is 4. The molecular formula is C23H25N5OS2. The second-order valence-corrected chi connectivity index (χ2v) is 9.24. The second kappa shape index (κ2) is 10.1. The minimum Gasteiger partial charge on any atom is -0.355 e. The number of nitrogens with one attached hydrogen (secondary N) is 1. The van der Waals surface area contributed by atoms with Crippen molar-refractivity contribution in [3.05, 3.63) is 59.1 Å². The summed E-state index contributed by atoms with van der Waals surface area (Å²) in [5.74, 6) is 1.18. The van der Waals surface area contributed by atoms with Crippen LogP contribution in [0.2, 0.25) is 0 Å². The number of carbonyl (C=O) groups excluding carboxylic acids is 1. The Morgan fingerprint density at radius 1 is 1.13 bits per heavy atom. The molecule has 2 aromatic heterocycles. The van der Waals surface area contributed by atoms with E-state index in [1.54, 1.807) is 11.3 Å². The molecule has 0 unspecified atom stereocenters. The van der Waals surface area contributed by atoms with Crippen LogP contribution in [0.5, 0.6) is 0 Å². The van der Waals surface area contributed by atoms with E-state index in [-0.39, 0.29) is 5.91 Å². The number of fused-ring (bicyclic) bond motifs is 1. The lowest BCUT2D eigenvalue weighted by Crippen LogP contribution is -2.26. The summed E-state index contributed by atoms with van der Waals surface area (Å²) in [6.45, 7) is 5.53. The minimum atomic E-state index is 0.0115. The first-order valence-electron chi connectivity index (χ1n) is 10.4. The maximum atomic E-state index is 12.3. The number of amides is 1. The maximum Gasteiger partial charge on any atom is 0.230 e. The number of thioether (sulfide) groups is 1. The largest absolute Gasteiger partial charge is 0.355 e. The van der Waals surface area contributed by atoms with Crippen molar-refractivity contribution >= 4 is 39.2 Å². The van der Waals surface area contributed by atoms with E-state index < -0.39 is 0 Å². The summed E-state index contributed by atoms with van der Waals surface area (Å²) in [6.07, 6.45) is 1.75. The lowest BCUT2D eigenvalue weighted by atomic mass is 10.1. The van der Waals surface area contributed by atoms with Crippen molar-refractivity contribution in [2.75, 3.05) is 12.3 Å². The number of aryl methyl sites for hydroxylation is 2. The van der Waals surface area contributed by atoms with Crippen LogP contribution in [0.15, 0.2) is 53.7 Å². The van der Waals surface area contributed by atoms with Crippen LogP contribution in [0.4, 0.5) is 0 Å². The molecule has 0 aliphatic rings. The highest BCUT2D eigenvalue weighted by Crippen LogP contribution is 2.26. The third kappa shape index (κ3) is 5.14. The Morgan fingerprint density at radius 2 is 1.94 bits per heavy atom. The molecule has 4 rings (SSSR count). The predicted molar refractivity (Wildman–Crippen MR) is 128 cm³/mol. The highest BCUT2D eigenvalue weighted by atomic mass is 32.2. The van der Waals surface area contributed by atoms with Gasteiger partial charge in [-0.05, 0) is 38.0 Å².